The van der Waals surface area contributed by atoms with Gasteiger partial charge >= 0.3 is 0 Å². The summed E-state index contributed by atoms with van der Waals surface area (Å²) in [7, 11) is 1.57. The van der Waals surface area contributed by atoms with E-state index in [9.17, 15) is 0 Å². The molecule has 0 aliphatic rings. The minimum absolute atomic E-state index is 0.235. The Bertz CT molecular complexity index is 392. The van der Waals surface area contributed by atoms with Gasteiger partial charge in [0.15, 0.2) is 11.9 Å². The van der Waals surface area contributed by atoms with Gasteiger partial charge in [0.2, 0.25) is 0 Å². The molecule has 0 saturated heterocycles. The molecule has 7 N–H and O–H groups in total. The molecule has 0 heterocycles. The van der Waals surface area contributed by atoms with E-state index in [1.165, 1.54) is 0 Å². The third kappa shape index (κ3) is 3.87. The van der Waals surface area contributed by atoms with Crippen LogP contribution < -0.4 is 22.5 Å². The van der Waals surface area contributed by atoms with E-state index in [1.54, 1.807) is 7.05 Å². The highest BCUT2D eigenvalue weighted by Gasteiger charge is 1.94. The van der Waals surface area contributed by atoms with Gasteiger partial charge in [-0.05, 0) is 17.7 Å². The lowest BCUT2D eigenvalue weighted by molar-refractivity contribution is 1.04. The van der Waals surface area contributed by atoms with E-state index in [-0.39, 0.29) is 11.9 Å². The Balaban J connectivity index is 2.55. The summed E-state index contributed by atoms with van der Waals surface area (Å²) in [5.74, 6) is 0.471. The number of guanidine groups is 2. The predicted octanol–water partition coefficient (Wildman–Crippen LogP) is -0.382. The van der Waals surface area contributed by atoms with Crippen LogP contribution in [0, 0.1) is 0 Å². The van der Waals surface area contributed by atoms with Crippen molar-refractivity contribution in [1.29, 1.82) is 0 Å². The number of benzene rings is 1. The number of nitrogens with two attached hydrogens (primary N) is 3. The maximum atomic E-state index is 5.58. The molecule has 1 rings (SSSR count). The van der Waals surface area contributed by atoms with Crippen LogP contribution in [0.25, 0.3) is 0 Å². The smallest absolute Gasteiger partial charge is 0.195 e. The van der Waals surface area contributed by atoms with Crippen LogP contribution in [0.2, 0.25) is 0 Å². The van der Waals surface area contributed by atoms with Crippen molar-refractivity contribution in [2.45, 2.75) is 6.54 Å². The zero-order valence-corrected chi connectivity index (χ0v) is 9.14. The fourth-order valence-corrected chi connectivity index (χ4v) is 1.03. The summed E-state index contributed by atoms with van der Waals surface area (Å²) in [5, 5.41) is 2.64. The highest BCUT2D eigenvalue weighted by molar-refractivity contribution is 5.96. The number of anilines is 1. The van der Waals surface area contributed by atoms with Crippen molar-refractivity contribution in [1.82, 2.24) is 5.32 Å². The third-order valence-corrected chi connectivity index (χ3v) is 1.91. The van der Waals surface area contributed by atoms with Gasteiger partial charge in [-0.15, -0.1) is 0 Å². The molecule has 0 saturated carbocycles. The summed E-state index contributed by atoms with van der Waals surface area (Å²) in [6, 6.07) is 7.42. The van der Waals surface area contributed by atoms with E-state index >= 15 is 0 Å². The van der Waals surface area contributed by atoms with E-state index < -0.39 is 0 Å². The van der Waals surface area contributed by atoms with E-state index in [0.717, 1.165) is 11.3 Å². The standard InChI is InChI=1S/C10H16N6/c1-14-9(12)16-10(13)15-6-7-2-4-8(11)5-3-7/h2-5H,6,11H2,1H3,(H5,12,13,14,15,16). The van der Waals surface area contributed by atoms with Crippen LogP contribution in [-0.2, 0) is 6.54 Å². The lowest BCUT2D eigenvalue weighted by atomic mass is 10.2. The Kier molecular flexibility index (Phi) is 4.14. The molecule has 0 aliphatic heterocycles. The lowest BCUT2D eigenvalue weighted by Crippen LogP contribution is -2.41. The largest absolute Gasteiger partial charge is 0.399 e. The molecule has 6 heteroatoms. The van der Waals surface area contributed by atoms with Crippen molar-refractivity contribution in [3.63, 3.8) is 0 Å². The third-order valence-electron chi connectivity index (χ3n) is 1.91. The molecule has 0 atom stereocenters. The molecule has 0 aromatic heterocycles. The van der Waals surface area contributed by atoms with Gasteiger partial charge in [-0.1, -0.05) is 12.1 Å². The summed E-state index contributed by atoms with van der Waals surface area (Å²) in [5.41, 5.74) is 18.3. The van der Waals surface area contributed by atoms with Gasteiger partial charge < -0.3 is 17.2 Å². The normalized spacial score (nSPS) is 12.6. The van der Waals surface area contributed by atoms with Gasteiger partial charge in [0.25, 0.3) is 0 Å². The first-order valence-electron chi connectivity index (χ1n) is 4.75. The summed E-state index contributed by atoms with van der Waals surface area (Å²) in [6.45, 7) is 0.468. The molecule has 0 spiro atoms. The Morgan fingerprint density at radius 1 is 1.19 bits per heavy atom. The van der Waals surface area contributed by atoms with Crippen molar-refractivity contribution in [2.75, 3.05) is 12.8 Å². The Hall–Kier alpha value is -2.24. The van der Waals surface area contributed by atoms with Crippen LogP contribution >= 0.6 is 0 Å². The van der Waals surface area contributed by atoms with Crippen LogP contribution in [0.1, 0.15) is 5.56 Å². The Labute approximate surface area is 94.3 Å². The van der Waals surface area contributed by atoms with Gasteiger partial charge in [0.1, 0.15) is 0 Å². The van der Waals surface area contributed by atoms with Gasteiger partial charge in [-0.2, -0.15) is 0 Å². The average molecular weight is 220 g/mol. The topological polar surface area (TPSA) is 115 Å². The first-order chi connectivity index (χ1) is 7.61. The number of rotatable bonds is 2. The lowest BCUT2D eigenvalue weighted by Gasteiger charge is -2.03. The number of aliphatic imine (C=N–C) groups is 2. The zero-order valence-electron chi connectivity index (χ0n) is 9.14. The Morgan fingerprint density at radius 3 is 2.38 bits per heavy atom. The fourth-order valence-electron chi connectivity index (χ4n) is 1.03. The molecule has 1 aromatic rings. The molecule has 0 unspecified atom stereocenters. The first-order valence-corrected chi connectivity index (χ1v) is 4.75. The second-order valence-electron chi connectivity index (χ2n) is 3.18. The molecule has 0 radical (unpaired) electrons. The van der Waals surface area contributed by atoms with Gasteiger partial charge in [0.05, 0.1) is 6.54 Å². The minimum atomic E-state index is 0.235. The van der Waals surface area contributed by atoms with Crippen molar-refractivity contribution in [3.8, 4) is 0 Å². The first kappa shape index (κ1) is 11.8. The monoisotopic (exact) mass is 220 g/mol. The van der Waals surface area contributed by atoms with Crippen molar-refractivity contribution >= 4 is 17.6 Å². The quantitative estimate of drug-likeness (QED) is 0.309. The molecule has 6 nitrogen and oxygen atoms in total. The Morgan fingerprint density at radius 2 is 1.81 bits per heavy atom. The highest BCUT2D eigenvalue weighted by atomic mass is 15.2. The molecule has 0 fully saturated rings. The summed E-state index contributed by atoms with van der Waals surface area (Å²) in [4.78, 5) is 7.79. The number of hydrogen-bond donors (Lipinski definition) is 4. The van der Waals surface area contributed by atoms with Crippen molar-refractivity contribution in [2.24, 2.45) is 21.5 Å². The SMILES string of the molecule is CN=C(N)NC(N)=NCc1ccc(N)cc1. The van der Waals surface area contributed by atoms with Crippen molar-refractivity contribution < 1.29 is 0 Å². The number of nitrogens with zero attached hydrogens (tertiary/aromatic N) is 2. The molecular formula is C10H16N6. The summed E-state index contributed by atoms with van der Waals surface area (Å²) in [6.07, 6.45) is 0. The molecule has 1 aromatic carbocycles. The van der Waals surface area contributed by atoms with Crippen LogP contribution in [-0.4, -0.2) is 19.0 Å². The fraction of sp³-hybridized carbons (Fsp3) is 0.200. The number of nitrogen functional groups attached to an aromatic ring is 1. The van der Waals surface area contributed by atoms with Crippen molar-refractivity contribution in [3.05, 3.63) is 29.8 Å². The van der Waals surface area contributed by atoms with Crippen LogP contribution in [0.3, 0.4) is 0 Å². The van der Waals surface area contributed by atoms with Crippen LogP contribution in [0.15, 0.2) is 34.3 Å². The molecule has 0 bridgehead atoms. The molecule has 0 aliphatic carbocycles. The maximum absolute atomic E-state index is 5.58. The van der Waals surface area contributed by atoms with E-state index in [2.05, 4.69) is 15.3 Å². The van der Waals surface area contributed by atoms with E-state index in [1.807, 2.05) is 24.3 Å². The van der Waals surface area contributed by atoms with E-state index in [0.29, 0.717) is 6.54 Å². The molecule has 16 heavy (non-hydrogen) atoms. The molecule has 86 valence electrons. The van der Waals surface area contributed by atoms with Gasteiger partial charge in [0, 0.05) is 12.7 Å². The van der Waals surface area contributed by atoms with Crippen LogP contribution in [0.5, 0.6) is 0 Å². The van der Waals surface area contributed by atoms with Gasteiger partial charge in [-0.3, -0.25) is 10.3 Å². The number of hydrogen-bond acceptors (Lipinski definition) is 3. The average Bonchev–Trinajstić information content (AvgIpc) is 2.28. The predicted molar refractivity (Wildman–Crippen MR) is 66.9 cm³/mol. The van der Waals surface area contributed by atoms with E-state index in [4.69, 9.17) is 17.2 Å². The van der Waals surface area contributed by atoms with Crippen LogP contribution in [0.4, 0.5) is 5.69 Å². The van der Waals surface area contributed by atoms with Gasteiger partial charge in [-0.25, -0.2) is 4.99 Å². The minimum Gasteiger partial charge on any atom is -0.399 e. The summed E-state index contributed by atoms with van der Waals surface area (Å²) >= 11 is 0. The summed E-state index contributed by atoms with van der Waals surface area (Å²) < 4.78 is 0. The molecular weight excluding hydrogens is 204 g/mol. The highest BCUT2D eigenvalue weighted by Crippen LogP contribution is 2.05. The maximum Gasteiger partial charge on any atom is 0.195 e. The second kappa shape index (κ2) is 5.59. The second-order valence-corrected chi connectivity index (χ2v) is 3.18. The number of nitrogens with one attached hydrogen (secondary N) is 1. The molecule has 0 amide bonds. The zero-order chi connectivity index (χ0) is 12.0.